The number of aryl methyl sites for hydroxylation is 2. The monoisotopic (exact) mass is 609 g/mol. The van der Waals surface area contributed by atoms with Crippen molar-refractivity contribution in [3.05, 3.63) is 144 Å². The third-order valence-corrected chi connectivity index (χ3v) is 8.62. The highest BCUT2D eigenvalue weighted by molar-refractivity contribution is 7.29. The second-order valence-corrected chi connectivity index (χ2v) is 11.7. The molecule has 0 N–H and O–H groups in total. The fourth-order valence-electron chi connectivity index (χ4n) is 5.54. The number of aliphatic imine (C=N–C) groups is 2. The van der Waals surface area contributed by atoms with Crippen LogP contribution in [0.4, 0.5) is 17.2 Å². The number of unbranched alkanes of at least 4 members (excludes halogenated alkanes) is 1. The van der Waals surface area contributed by atoms with Crippen LogP contribution in [0.2, 0.25) is 0 Å². The number of anilines is 2. The highest BCUT2D eigenvalue weighted by Gasteiger charge is 2.20. The summed E-state index contributed by atoms with van der Waals surface area (Å²) in [5.41, 5.74) is 10.6. The molecule has 0 aliphatic rings. The van der Waals surface area contributed by atoms with E-state index in [4.69, 9.17) is 15.0 Å². The largest absolute Gasteiger partial charge is 0.329 e. The number of fused-ring (bicyclic) bond motifs is 1. The van der Waals surface area contributed by atoms with Gasteiger partial charge in [-0.25, -0.2) is 15.0 Å². The minimum atomic E-state index is 0.748. The van der Waals surface area contributed by atoms with Gasteiger partial charge in [0.05, 0.1) is 22.3 Å². The lowest BCUT2D eigenvalue weighted by molar-refractivity contribution is 0.796. The molecule has 0 bridgehead atoms. The predicted octanol–water partition coefficient (Wildman–Crippen LogP) is 9.03. The van der Waals surface area contributed by atoms with E-state index in [2.05, 4.69) is 126 Å². The van der Waals surface area contributed by atoms with Gasteiger partial charge in [-0.2, -0.15) is 0 Å². The van der Waals surface area contributed by atoms with E-state index in [9.17, 15) is 0 Å². The molecular formula is C39H40N5P. The molecule has 0 spiro atoms. The van der Waals surface area contributed by atoms with Crippen LogP contribution in [0.15, 0.2) is 126 Å². The van der Waals surface area contributed by atoms with E-state index in [1.54, 1.807) is 12.5 Å². The number of hydrogen-bond donors (Lipinski definition) is 0. The van der Waals surface area contributed by atoms with E-state index < -0.39 is 0 Å². The number of allylic oxidation sites excluding steroid dienone is 2. The molecule has 0 saturated heterocycles. The zero-order valence-electron chi connectivity index (χ0n) is 26.4. The summed E-state index contributed by atoms with van der Waals surface area (Å²) in [4.78, 5) is 21.1. The SMILES string of the molecule is C=C/C(=C\N=C)Cc1ccc(N(C)c2ncnc3cc(CCCC)c(N=C(c4ccccc4)c4ccccc4)c(P)c23)cc1C. The van der Waals surface area contributed by atoms with Crippen LogP contribution >= 0.6 is 9.24 Å². The van der Waals surface area contributed by atoms with E-state index >= 15 is 0 Å². The zero-order valence-corrected chi connectivity index (χ0v) is 27.5. The highest BCUT2D eigenvalue weighted by Crippen LogP contribution is 2.35. The summed E-state index contributed by atoms with van der Waals surface area (Å²) in [6.45, 7) is 11.9. The first kappa shape index (κ1) is 31.7. The maximum Gasteiger partial charge on any atom is 0.144 e. The number of aromatic nitrogens is 2. The maximum atomic E-state index is 5.45. The molecule has 0 fully saturated rings. The zero-order chi connectivity index (χ0) is 31.8. The second-order valence-electron chi connectivity index (χ2n) is 11.1. The van der Waals surface area contributed by atoms with Crippen molar-refractivity contribution in [1.82, 2.24) is 9.97 Å². The third kappa shape index (κ3) is 7.16. The highest BCUT2D eigenvalue weighted by atomic mass is 31.0. The molecule has 1 heterocycles. The average molecular weight is 610 g/mol. The minimum Gasteiger partial charge on any atom is -0.329 e. The van der Waals surface area contributed by atoms with Crippen molar-refractivity contribution in [3.8, 4) is 0 Å². The first-order valence-corrected chi connectivity index (χ1v) is 15.9. The van der Waals surface area contributed by atoms with Crippen LogP contribution in [0.5, 0.6) is 0 Å². The van der Waals surface area contributed by atoms with Crippen LogP contribution in [0.3, 0.4) is 0 Å². The van der Waals surface area contributed by atoms with E-state index in [0.29, 0.717) is 0 Å². The van der Waals surface area contributed by atoms with Gasteiger partial charge in [0.1, 0.15) is 12.1 Å². The molecule has 5 nitrogen and oxygen atoms in total. The smallest absolute Gasteiger partial charge is 0.144 e. The van der Waals surface area contributed by atoms with Crippen molar-refractivity contribution in [2.24, 2.45) is 9.98 Å². The summed E-state index contributed by atoms with van der Waals surface area (Å²) in [7, 11) is 5.05. The Morgan fingerprint density at radius 2 is 1.62 bits per heavy atom. The van der Waals surface area contributed by atoms with Crippen molar-refractivity contribution in [3.63, 3.8) is 0 Å². The molecule has 1 unspecified atom stereocenters. The van der Waals surface area contributed by atoms with Crippen LogP contribution in [-0.2, 0) is 12.8 Å². The number of rotatable bonds is 12. The maximum absolute atomic E-state index is 5.45. The van der Waals surface area contributed by atoms with E-state index in [-0.39, 0.29) is 0 Å². The first-order valence-electron chi connectivity index (χ1n) is 15.3. The Morgan fingerprint density at radius 3 is 2.22 bits per heavy atom. The molecule has 6 heteroatoms. The Kier molecular flexibility index (Phi) is 10.4. The van der Waals surface area contributed by atoms with Crippen molar-refractivity contribution in [1.29, 1.82) is 0 Å². The minimum absolute atomic E-state index is 0.748. The summed E-state index contributed by atoms with van der Waals surface area (Å²) in [5, 5.41) is 1.97. The fourth-order valence-corrected chi connectivity index (χ4v) is 6.07. The van der Waals surface area contributed by atoms with Crippen LogP contribution in [-0.4, -0.2) is 29.4 Å². The van der Waals surface area contributed by atoms with Crippen molar-refractivity contribution in [2.45, 2.75) is 39.5 Å². The Bertz CT molecular complexity index is 1840. The number of nitrogens with zero attached hydrogens (tertiary/aromatic N) is 5. The fraction of sp³-hybridized carbons (Fsp3) is 0.179. The van der Waals surface area contributed by atoms with Gasteiger partial charge >= 0.3 is 0 Å². The lowest BCUT2D eigenvalue weighted by atomic mass is 9.99. The third-order valence-electron chi connectivity index (χ3n) is 8.06. The van der Waals surface area contributed by atoms with E-state index in [0.717, 1.165) is 81.5 Å². The van der Waals surface area contributed by atoms with Crippen molar-refractivity contribution in [2.75, 3.05) is 11.9 Å². The second kappa shape index (κ2) is 14.8. The van der Waals surface area contributed by atoms with Gasteiger partial charge in [0, 0.05) is 35.4 Å². The number of benzene rings is 4. The van der Waals surface area contributed by atoms with Gasteiger partial charge in [0.2, 0.25) is 0 Å². The van der Waals surface area contributed by atoms with Crippen molar-refractivity contribution < 1.29 is 0 Å². The van der Waals surface area contributed by atoms with E-state index in [1.807, 2.05) is 18.2 Å². The lowest BCUT2D eigenvalue weighted by Gasteiger charge is -2.23. The molecular weight excluding hydrogens is 569 g/mol. The molecule has 0 radical (unpaired) electrons. The molecule has 0 aliphatic heterocycles. The molecule has 45 heavy (non-hydrogen) atoms. The predicted molar refractivity (Wildman–Crippen MR) is 196 cm³/mol. The van der Waals surface area contributed by atoms with Crippen LogP contribution in [0.1, 0.15) is 47.6 Å². The molecule has 0 aliphatic carbocycles. The molecule has 0 saturated carbocycles. The van der Waals surface area contributed by atoms with Gasteiger partial charge in [-0.1, -0.05) is 92.7 Å². The van der Waals surface area contributed by atoms with Gasteiger partial charge < -0.3 is 4.90 Å². The summed E-state index contributed by atoms with van der Waals surface area (Å²) in [6, 6.07) is 29.5. The van der Waals surface area contributed by atoms with Gasteiger partial charge in [0.15, 0.2) is 0 Å². The topological polar surface area (TPSA) is 53.7 Å². The van der Waals surface area contributed by atoms with Crippen LogP contribution in [0.25, 0.3) is 10.9 Å². The summed E-state index contributed by atoms with van der Waals surface area (Å²) < 4.78 is 0. The molecule has 5 rings (SSSR count). The van der Waals surface area contributed by atoms with Gasteiger partial charge in [-0.15, -0.1) is 9.24 Å². The standard InChI is InChI=1S/C39H40N5P/c1-6-8-15-32-24-34-35(38(45)37(32)43-36(29-16-11-9-12-17-29)30-18-13-10-14-19-30)39(42-26-41-34)44(5)33-21-20-31(27(3)22-33)23-28(7-2)25-40-4/h7,9-14,16-22,24-26H,2,4,6,8,15,23,45H2,1,3,5H3/b28-25+. The Balaban J connectivity index is 1.67. The summed E-state index contributed by atoms with van der Waals surface area (Å²) in [6.07, 6.45) is 9.08. The van der Waals surface area contributed by atoms with Crippen molar-refractivity contribution >= 4 is 55.1 Å². The number of hydrogen-bond acceptors (Lipinski definition) is 5. The molecule has 1 atom stereocenters. The summed E-state index contributed by atoms with van der Waals surface area (Å²) >= 11 is 0. The normalized spacial score (nSPS) is 11.3. The Morgan fingerprint density at radius 1 is 0.933 bits per heavy atom. The average Bonchev–Trinajstić information content (AvgIpc) is 3.07. The summed E-state index contributed by atoms with van der Waals surface area (Å²) in [5.74, 6) is 0.833. The van der Waals surface area contributed by atoms with Crippen LogP contribution < -0.4 is 10.2 Å². The Hall–Kier alpha value is -4.73. The molecule has 4 aromatic carbocycles. The lowest BCUT2D eigenvalue weighted by Crippen LogP contribution is -2.15. The first-order chi connectivity index (χ1) is 21.9. The van der Waals surface area contributed by atoms with Gasteiger partial charge in [0.25, 0.3) is 0 Å². The Labute approximate surface area is 269 Å². The van der Waals surface area contributed by atoms with Gasteiger partial charge in [-0.3, -0.25) is 4.99 Å². The molecule has 5 aromatic rings. The molecule has 0 amide bonds. The van der Waals surface area contributed by atoms with E-state index in [1.165, 1.54) is 16.7 Å². The van der Waals surface area contributed by atoms with Gasteiger partial charge in [-0.05, 0) is 73.4 Å². The van der Waals surface area contributed by atoms with Crippen LogP contribution in [0, 0.1) is 6.92 Å². The molecule has 1 aromatic heterocycles. The quantitative estimate of drug-likeness (QED) is 0.0806. The molecule has 226 valence electrons.